The molecule has 0 unspecified atom stereocenters. The highest BCUT2D eigenvalue weighted by molar-refractivity contribution is 5.53. The molecule has 0 atom stereocenters. The van der Waals surface area contributed by atoms with Crippen molar-refractivity contribution >= 4 is 5.69 Å². The molecule has 0 spiro atoms. The highest BCUT2D eigenvalue weighted by Gasteiger charge is 2.10. The quantitative estimate of drug-likeness (QED) is 0.765. The van der Waals surface area contributed by atoms with Gasteiger partial charge in [0.15, 0.2) is 11.6 Å². The second-order valence-electron chi connectivity index (χ2n) is 3.08. The third-order valence-corrected chi connectivity index (χ3v) is 1.97. The van der Waals surface area contributed by atoms with Gasteiger partial charge in [0.25, 0.3) is 0 Å². The van der Waals surface area contributed by atoms with Gasteiger partial charge in [0.05, 0.1) is 5.69 Å². The normalized spacial score (nSPS) is 10.3. The van der Waals surface area contributed by atoms with E-state index in [9.17, 15) is 4.39 Å². The number of nitrogens with two attached hydrogens (primary N) is 1. The SMILES string of the molecule is Cn1ccnc1Oc1c(N)cccc1F. The first-order chi connectivity index (χ1) is 7.18. The summed E-state index contributed by atoms with van der Waals surface area (Å²) >= 11 is 0. The Hall–Kier alpha value is -2.04. The molecule has 1 aromatic heterocycles. The third-order valence-electron chi connectivity index (χ3n) is 1.97. The Morgan fingerprint density at radius 2 is 2.27 bits per heavy atom. The highest BCUT2D eigenvalue weighted by Crippen LogP contribution is 2.28. The molecule has 1 aromatic carbocycles. The van der Waals surface area contributed by atoms with Crippen molar-refractivity contribution < 1.29 is 9.13 Å². The fourth-order valence-corrected chi connectivity index (χ4v) is 1.17. The number of rotatable bonds is 2. The van der Waals surface area contributed by atoms with Crippen LogP contribution in [-0.2, 0) is 7.05 Å². The number of aromatic nitrogens is 2. The lowest BCUT2D eigenvalue weighted by Crippen LogP contribution is -1.99. The number of ether oxygens (including phenoxy) is 1. The van der Waals surface area contributed by atoms with E-state index in [0.717, 1.165) is 0 Å². The van der Waals surface area contributed by atoms with Crippen LogP contribution in [0.15, 0.2) is 30.6 Å². The number of hydrogen-bond donors (Lipinski definition) is 1. The number of hydrogen-bond acceptors (Lipinski definition) is 3. The molecule has 0 saturated carbocycles. The van der Waals surface area contributed by atoms with Gasteiger partial charge < -0.3 is 15.0 Å². The zero-order chi connectivity index (χ0) is 10.8. The summed E-state index contributed by atoms with van der Waals surface area (Å²) in [4.78, 5) is 3.91. The minimum Gasteiger partial charge on any atom is -0.420 e. The van der Waals surface area contributed by atoms with Crippen LogP contribution < -0.4 is 10.5 Å². The number of aryl methyl sites for hydroxylation is 1. The maximum atomic E-state index is 13.3. The van der Waals surface area contributed by atoms with E-state index in [1.165, 1.54) is 12.1 Å². The average Bonchev–Trinajstić information content (AvgIpc) is 2.58. The molecule has 0 aliphatic heterocycles. The molecule has 2 rings (SSSR count). The topological polar surface area (TPSA) is 53.1 Å². The van der Waals surface area contributed by atoms with Crippen molar-refractivity contribution in [1.82, 2.24) is 9.55 Å². The predicted octanol–water partition coefficient (Wildman–Crippen LogP) is 1.93. The van der Waals surface area contributed by atoms with Gasteiger partial charge in [0.2, 0.25) is 0 Å². The van der Waals surface area contributed by atoms with Gasteiger partial charge in [-0.25, -0.2) is 9.37 Å². The summed E-state index contributed by atoms with van der Waals surface area (Å²) in [6, 6.07) is 4.68. The maximum absolute atomic E-state index is 13.3. The van der Waals surface area contributed by atoms with Crippen LogP contribution in [0, 0.1) is 5.82 Å². The number of imidazole rings is 1. The number of para-hydroxylation sites is 1. The molecule has 0 amide bonds. The number of nitrogens with zero attached hydrogens (tertiary/aromatic N) is 2. The zero-order valence-electron chi connectivity index (χ0n) is 8.14. The Morgan fingerprint density at radius 3 is 2.87 bits per heavy atom. The largest absolute Gasteiger partial charge is 0.420 e. The van der Waals surface area contributed by atoms with E-state index in [0.29, 0.717) is 6.01 Å². The van der Waals surface area contributed by atoms with Gasteiger partial charge in [-0.05, 0) is 12.1 Å². The van der Waals surface area contributed by atoms with Crippen molar-refractivity contribution in [3.63, 3.8) is 0 Å². The van der Waals surface area contributed by atoms with E-state index < -0.39 is 5.82 Å². The van der Waals surface area contributed by atoms with Crippen molar-refractivity contribution in [2.75, 3.05) is 5.73 Å². The molecule has 0 fully saturated rings. The molecular weight excluding hydrogens is 197 g/mol. The lowest BCUT2D eigenvalue weighted by molar-refractivity contribution is 0.400. The molecular formula is C10H10FN3O. The summed E-state index contributed by atoms with van der Waals surface area (Å²) in [5.41, 5.74) is 5.83. The van der Waals surface area contributed by atoms with Crippen LogP contribution in [0.2, 0.25) is 0 Å². The summed E-state index contributed by atoms with van der Waals surface area (Å²) in [5, 5.41) is 0. The monoisotopic (exact) mass is 207 g/mol. The summed E-state index contributed by atoms with van der Waals surface area (Å²) < 4.78 is 20.2. The number of halogens is 1. The Morgan fingerprint density at radius 1 is 1.47 bits per heavy atom. The zero-order valence-corrected chi connectivity index (χ0v) is 8.14. The minimum atomic E-state index is -0.502. The van der Waals surface area contributed by atoms with Crippen molar-refractivity contribution in [2.45, 2.75) is 0 Å². The molecule has 78 valence electrons. The van der Waals surface area contributed by atoms with Gasteiger partial charge in [-0.3, -0.25) is 0 Å². The number of benzene rings is 1. The first-order valence-electron chi connectivity index (χ1n) is 4.37. The summed E-state index contributed by atoms with van der Waals surface area (Å²) in [6.45, 7) is 0. The Kier molecular flexibility index (Phi) is 2.29. The molecule has 1 heterocycles. The second kappa shape index (κ2) is 3.61. The van der Waals surface area contributed by atoms with Crippen LogP contribution in [0.3, 0.4) is 0 Å². The second-order valence-corrected chi connectivity index (χ2v) is 3.08. The van der Waals surface area contributed by atoms with Crippen LogP contribution >= 0.6 is 0 Å². The van der Waals surface area contributed by atoms with Crippen molar-refractivity contribution in [3.05, 3.63) is 36.4 Å². The fourth-order valence-electron chi connectivity index (χ4n) is 1.17. The van der Waals surface area contributed by atoms with E-state index in [4.69, 9.17) is 10.5 Å². The molecule has 5 heteroatoms. The third kappa shape index (κ3) is 1.76. The summed E-state index contributed by atoms with van der Waals surface area (Å²) in [6.07, 6.45) is 3.26. The number of nitrogen functional groups attached to an aromatic ring is 1. The van der Waals surface area contributed by atoms with Gasteiger partial charge in [0, 0.05) is 19.4 Å². The van der Waals surface area contributed by atoms with Gasteiger partial charge in [-0.1, -0.05) is 6.07 Å². The highest BCUT2D eigenvalue weighted by atomic mass is 19.1. The number of anilines is 1. The van der Waals surface area contributed by atoms with Gasteiger partial charge >= 0.3 is 6.01 Å². The Bertz CT molecular complexity index is 461. The molecule has 0 aliphatic rings. The molecule has 4 nitrogen and oxygen atoms in total. The first kappa shape index (κ1) is 9.51. The van der Waals surface area contributed by atoms with E-state index in [-0.39, 0.29) is 11.4 Å². The predicted molar refractivity (Wildman–Crippen MR) is 54.1 cm³/mol. The van der Waals surface area contributed by atoms with E-state index in [1.807, 2.05) is 0 Å². The minimum absolute atomic E-state index is 0.00630. The molecule has 15 heavy (non-hydrogen) atoms. The molecule has 2 aromatic rings. The maximum Gasteiger partial charge on any atom is 0.301 e. The standard InChI is InChI=1S/C10H10FN3O/c1-14-6-5-13-10(14)15-9-7(11)3-2-4-8(9)12/h2-6H,12H2,1H3. The Labute approximate surface area is 86.1 Å². The molecule has 0 aliphatic carbocycles. The van der Waals surface area contributed by atoms with Crippen LogP contribution in [0.4, 0.5) is 10.1 Å². The summed E-state index contributed by atoms with van der Waals surface area (Å²) in [7, 11) is 1.75. The fraction of sp³-hybridized carbons (Fsp3) is 0.100. The van der Waals surface area contributed by atoms with E-state index in [2.05, 4.69) is 4.98 Å². The lowest BCUT2D eigenvalue weighted by atomic mass is 10.3. The van der Waals surface area contributed by atoms with Crippen molar-refractivity contribution in [1.29, 1.82) is 0 Å². The average molecular weight is 207 g/mol. The van der Waals surface area contributed by atoms with E-state index >= 15 is 0 Å². The van der Waals surface area contributed by atoms with E-state index in [1.54, 1.807) is 30.1 Å². The van der Waals surface area contributed by atoms with Gasteiger partial charge in [-0.15, -0.1) is 0 Å². The molecule has 2 N–H and O–H groups in total. The molecule has 0 bridgehead atoms. The Balaban J connectivity index is 2.36. The first-order valence-corrected chi connectivity index (χ1v) is 4.37. The molecule has 0 radical (unpaired) electrons. The van der Waals surface area contributed by atoms with Gasteiger partial charge in [-0.2, -0.15) is 0 Å². The summed E-state index contributed by atoms with van der Waals surface area (Å²) in [5.74, 6) is -0.496. The van der Waals surface area contributed by atoms with Crippen LogP contribution in [0.1, 0.15) is 0 Å². The van der Waals surface area contributed by atoms with Crippen LogP contribution in [0.5, 0.6) is 11.8 Å². The van der Waals surface area contributed by atoms with Crippen molar-refractivity contribution in [3.8, 4) is 11.8 Å². The lowest BCUT2D eigenvalue weighted by Gasteiger charge is -2.07. The van der Waals surface area contributed by atoms with Crippen LogP contribution in [0.25, 0.3) is 0 Å². The van der Waals surface area contributed by atoms with Crippen LogP contribution in [-0.4, -0.2) is 9.55 Å². The van der Waals surface area contributed by atoms with Gasteiger partial charge in [0.1, 0.15) is 0 Å². The molecule has 0 saturated heterocycles. The smallest absolute Gasteiger partial charge is 0.301 e. The van der Waals surface area contributed by atoms with Crippen molar-refractivity contribution in [2.24, 2.45) is 7.05 Å².